The highest BCUT2D eigenvalue weighted by atomic mass is 35.5. The van der Waals surface area contributed by atoms with Crippen LogP contribution in [0.2, 0.25) is 5.02 Å². The van der Waals surface area contributed by atoms with Gasteiger partial charge in [0.15, 0.2) is 15.1 Å². The van der Waals surface area contributed by atoms with Gasteiger partial charge in [-0.2, -0.15) is 0 Å². The van der Waals surface area contributed by atoms with E-state index in [1.54, 1.807) is 36.7 Å². The van der Waals surface area contributed by atoms with Gasteiger partial charge in [-0.05, 0) is 62.2 Å². The number of carbonyl (C=O) groups is 2. The van der Waals surface area contributed by atoms with Gasteiger partial charge >= 0.3 is 5.97 Å². The summed E-state index contributed by atoms with van der Waals surface area (Å²) < 4.78 is 31.5. The van der Waals surface area contributed by atoms with E-state index in [0.29, 0.717) is 10.7 Å². The van der Waals surface area contributed by atoms with Crippen molar-refractivity contribution in [3.63, 3.8) is 0 Å². The molecule has 0 spiro atoms. The maximum Gasteiger partial charge on any atom is 0.324 e. The van der Waals surface area contributed by atoms with Crippen molar-refractivity contribution in [2.75, 3.05) is 7.11 Å². The maximum atomic E-state index is 12.9. The molecule has 0 saturated heterocycles. The number of sulfone groups is 1. The molecule has 1 aromatic heterocycles. The number of aryl methyl sites for hydroxylation is 2. The van der Waals surface area contributed by atoms with Gasteiger partial charge in [0.05, 0.1) is 28.6 Å². The molecule has 0 bridgehead atoms. The smallest absolute Gasteiger partial charge is 0.324 e. The van der Waals surface area contributed by atoms with Crippen molar-refractivity contribution >= 4 is 44.2 Å². The topological polar surface area (TPSA) is 94.5 Å². The lowest BCUT2D eigenvalue weighted by Gasteiger charge is -2.16. The summed E-state index contributed by atoms with van der Waals surface area (Å²) in [5.41, 5.74) is 3.05. The minimum absolute atomic E-state index is 0.0105. The molecule has 2 aromatic carbocycles. The summed E-state index contributed by atoms with van der Waals surface area (Å²) in [4.78, 5) is 24.6. The molecule has 170 valence electrons. The van der Waals surface area contributed by atoms with Crippen molar-refractivity contribution in [3.8, 4) is 0 Å². The minimum Gasteiger partial charge on any atom is -0.468 e. The lowest BCUT2D eigenvalue weighted by Crippen LogP contribution is -2.29. The normalized spacial score (nSPS) is 13.6. The van der Waals surface area contributed by atoms with E-state index >= 15 is 0 Å². The lowest BCUT2D eigenvalue weighted by molar-refractivity contribution is -0.139. The van der Waals surface area contributed by atoms with Gasteiger partial charge in [0.25, 0.3) is 5.91 Å². The van der Waals surface area contributed by atoms with Gasteiger partial charge in [0, 0.05) is 12.4 Å². The van der Waals surface area contributed by atoms with Crippen LogP contribution in [0.25, 0.3) is 10.9 Å². The second-order valence-electron chi connectivity index (χ2n) is 7.74. The first-order valence-corrected chi connectivity index (χ1v) is 11.9. The summed E-state index contributed by atoms with van der Waals surface area (Å²) >= 11 is 6.33. The van der Waals surface area contributed by atoms with Gasteiger partial charge in [-0.3, -0.25) is 9.59 Å². The minimum atomic E-state index is -3.86. The molecule has 0 aliphatic heterocycles. The fourth-order valence-corrected chi connectivity index (χ4v) is 5.13. The van der Waals surface area contributed by atoms with Crippen LogP contribution in [0.4, 0.5) is 0 Å². The lowest BCUT2D eigenvalue weighted by atomic mass is 10.1. The molecule has 1 unspecified atom stereocenters. The Morgan fingerprint density at radius 1 is 1.09 bits per heavy atom. The van der Waals surface area contributed by atoms with Crippen molar-refractivity contribution in [3.05, 3.63) is 64.3 Å². The van der Waals surface area contributed by atoms with E-state index < -0.39 is 21.1 Å². The number of rotatable bonds is 6. The predicted molar refractivity (Wildman–Crippen MR) is 124 cm³/mol. The van der Waals surface area contributed by atoms with E-state index in [-0.39, 0.29) is 16.8 Å². The Morgan fingerprint density at radius 3 is 2.31 bits per heavy atom. The molecule has 0 radical (unpaired) electrons. The second-order valence-corrected chi connectivity index (χ2v) is 10.4. The first-order valence-electron chi connectivity index (χ1n) is 9.95. The number of aromatic nitrogens is 1. The summed E-state index contributed by atoms with van der Waals surface area (Å²) in [6, 6.07) is 11.3. The molecule has 1 amide bonds. The van der Waals surface area contributed by atoms with Gasteiger partial charge in [-0.25, -0.2) is 8.42 Å². The van der Waals surface area contributed by atoms with Gasteiger partial charge < -0.3 is 14.6 Å². The first-order chi connectivity index (χ1) is 15.0. The average Bonchev–Trinajstić information content (AvgIpc) is 3.09. The van der Waals surface area contributed by atoms with E-state index in [1.165, 1.54) is 19.1 Å². The van der Waals surface area contributed by atoms with E-state index in [9.17, 15) is 18.0 Å². The van der Waals surface area contributed by atoms with E-state index in [0.717, 1.165) is 29.1 Å². The molecule has 7 nitrogen and oxygen atoms in total. The number of ether oxygens (including phenoxy) is 1. The number of fused-ring (bicyclic) bond motifs is 1. The Kier molecular flexibility index (Phi) is 6.67. The van der Waals surface area contributed by atoms with Crippen molar-refractivity contribution in [1.29, 1.82) is 0 Å². The summed E-state index contributed by atoms with van der Waals surface area (Å²) in [6.07, 6.45) is 0. The maximum absolute atomic E-state index is 12.9. The third kappa shape index (κ3) is 4.38. The molecule has 2 atom stereocenters. The van der Waals surface area contributed by atoms with Gasteiger partial charge in [-0.1, -0.05) is 23.7 Å². The van der Waals surface area contributed by atoms with E-state index in [2.05, 4.69) is 10.1 Å². The summed E-state index contributed by atoms with van der Waals surface area (Å²) in [5, 5.41) is 3.00. The van der Waals surface area contributed by atoms with Gasteiger partial charge in [0.1, 0.15) is 5.69 Å². The zero-order chi connectivity index (χ0) is 23.8. The van der Waals surface area contributed by atoms with E-state index in [1.807, 2.05) is 19.1 Å². The Balaban J connectivity index is 1.81. The quantitative estimate of drug-likeness (QED) is 0.543. The number of methoxy groups -OCH3 is 1. The molecular formula is C23H25ClN2O5S. The Hall–Kier alpha value is -2.84. The van der Waals surface area contributed by atoms with Crippen LogP contribution in [0.5, 0.6) is 0 Å². The predicted octanol–water partition coefficient (Wildman–Crippen LogP) is 3.97. The number of esters is 1. The number of halogens is 1. The van der Waals surface area contributed by atoms with Crippen molar-refractivity contribution in [2.24, 2.45) is 7.05 Å². The van der Waals surface area contributed by atoms with Crippen LogP contribution in [0.3, 0.4) is 0 Å². The number of carbonyl (C=O) groups excluding carboxylic acids is 2. The highest BCUT2D eigenvalue weighted by Gasteiger charge is 2.30. The molecule has 0 fully saturated rings. The number of hydrogen-bond acceptors (Lipinski definition) is 5. The molecule has 3 rings (SSSR count). The average molecular weight is 477 g/mol. The Bertz CT molecular complexity index is 1300. The second kappa shape index (κ2) is 8.96. The molecule has 3 aromatic rings. The SMILES string of the molecule is COC(=O)C(C)S(=O)(=O)c1ccc([C@@H](C)NC(=O)c2cc3c(Cl)cc(C)cc3n2C)cc1. The van der Waals surface area contributed by atoms with Gasteiger partial charge in [0.2, 0.25) is 0 Å². The zero-order valence-corrected chi connectivity index (χ0v) is 20.0. The van der Waals surface area contributed by atoms with Crippen LogP contribution in [0.1, 0.15) is 41.5 Å². The highest BCUT2D eigenvalue weighted by Crippen LogP contribution is 2.28. The monoisotopic (exact) mass is 476 g/mol. The number of nitrogens with zero attached hydrogens (tertiary/aromatic N) is 1. The molecule has 0 aliphatic rings. The van der Waals surface area contributed by atoms with Gasteiger partial charge in [-0.15, -0.1) is 0 Å². The van der Waals surface area contributed by atoms with Crippen LogP contribution >= 0.6 is 11.6 Å². The van der Waals surface area contributed by atoms with Crippen molar-refractivity contribution in [1.82, 2.24) is 9.88 Å². The standard InChI is InChI=1S/C23H25ClN2O5S/c1-13-10-19(24)18-12-21(26(4)20(18)11-13)22(27)25-14(2)16-6-8-17(9-7-16)32(29,30)15(3)23(28)31-5/h6-12,14-15H,1-5H3,(H,25,27)/t14-,15?/m1/s1. The largest absolute Gasteiger partial charge is 0.468 e. The highest BCUT2D eigenvalue weighted by molar-refractivity contribution is 7.92. The fraction of sp³-hybridized carbons (Fsp3) is 0.304. The molecule has 0 saturated carbocycles. The van der Waals surface area contributed by atoms with Crippen LogP contribution in [0, 0.1) is 6.92 Å². The van der Waals surface area contributed by atoms with Crippen molar-refractivity contribution in [2.45, 2.75) is 37.0 Å². The summed E-state index contributed by atoms with van der Waals surface area (Å²) in [6.45, 7) is 5.03. The number of benzene rings is 2. The first kappa shape index (κ1) is 23.8. The van der Waals surface area contributed by atoms with Crippen molar-refractivity contribution < 1.29 is 22.7 Å². The molecule has 32 heavy (non-hydrogen) atoms. The molecular weight excluding hydrogens is 452 g/mol. The summed E-state index contributed by atoms with van der Waals surface area (Å²) in [5.74, 6) is -1.10. The Labute approximate surface area is 192 Å². The number of hydrogen-bond donors (Lipinski definition) is 1. The Morgan fingerprint density at radius 2 is 1.72 bits per heavy atom. The number of amides is 1. The molecule has 0 aliphatic carbocycles. The van der Waals surface area contributed by atoms with Crippen LogP contribution in [-0.2, 0) is 26.4 Å². The van der Waals surface area contributed by atoms with Crippen LogP contribution in [0.15, 0.2) is 47.4 Å². The zero-order valence-electron chi connectivity index (χ0n) is 18.5. The summed E-state index contributed by atoms with van der Waals surface area (Å²) in [7, 11) is -0.914. The van der Waals surface area contributed by atoms with Crippen LogP contribution in [-0.4, -0.2) is 37.2 Å². The molecule has 9 heteroatoms. The fourth-order valence-electron chi connectivity index (χ4n) is 3.53. The van der Waals surface area contributed by atoms with E-state index in [4.69, 9.17) is 11.6 Å². The number of nitrogens with one attached hydrogen (secondary N) is 1. The third-order valence-corrected chi connectivity index (χ3v) is 7.91. The third-order valence-electron chi connectivity index (χ3n) is 5.54. The molecule has 1 heterocycles. The molecule has 1 N–H and O–H groups in total. The van der Waals surface area contributed by atoms with Crippen LogP contribution < -0.4 is 5.32 Å².